The highest BCUT2D eigenvalue weighted by Gasteiger charge is 2.24. The van der Waals surface area contributed by atoms with Gasteiger partial charge in [0.15, 0.2) is 5.96 Å². The van der Waals surface area contributed by atoms with Crippen molar-refractivity contribution in [1.82, 2.24) is 34.7 Å². The lowest BCUT2D eigenvalue weighted by molar-refractivity contribution is -0.136. The van der Waals surface area contributed by atoms with Crippen molar-refractivity contribution < 1.29 is 9.53 Å². The SMILES string of the molecule is CCNC(=NCC(c1cnn(C)c1)N(C)C)N1CCN(CC(=O)N2CCOCC2)CC1.I. The maximum absolute atomic E-state index is 12.5. The number of amides is 1. The Kier molecular flexibility index (Phi) is 11.2. The number of rotatable bonds is 7. The monoisotopic (exact) mass is 562 g/mol. The predicted octanol–water partition coefficient (Wildman–Crippen LogP) is 0.0827. The lowest BCUT2D eigenvalue weighted by Gasteiger charge is -2.37. The average molecular weight is 563 g/mol. The van der Waals surface area contributed by atoms with Gasteiger partial charge in [-0.15, -0.1) is 24.0 Å². The highest BCUT2D eigenvalue weighted by molar-refractivity contribution is 14.0. The van der Waals surface area contributed by atoms with Crippen molar-refractivity contribution in [2.75, 3.05) is 86.2 Å². The van der Waals surface area contributed by atoms with E-state index in [0.717, 1.165) is 38.7 Å². The minimum atomic E-state index is 0. The van der Waals surface area contributed by atoms with E-state index in [2.05, 4.69) is 52.3 Å². The van der Waals surface area contributed by atoms with Gasteiger partial charge in [0.25, 0.3) is 0 Å². The van der Waals surface area contributed by atoms with E-state index in [9.17, 15) is 4.79 Å². The number of aromatic nitrogens is 2. The molecule has 182 valence electrons. The standard InChI is InChI=1S/C21H38N8O2.HI/c1-5-22-21(23-15-19(25(2)3)18-14-24-26(4)16-18)29-8-6-27(7-9-29)17-20(30)28-10-12-31-13-11-28;/h14,16,19H,5-13,15,17H2,1-4H3,(H,22,23);1H. The normalized spacial score (nSPS) is 19.1. The number of piperazine rings is 1. The molecular weight excluding hydrogens is 523 g/mol. The number of likely N-dealkylation sites (N-methyl/N-ethyl adjacent to an activating group) is 1. The van der Waals surface area contributed by atoms with E-state index < -0.39 is 0 Å². The zero-order valence-electron chi connectivity index (χ0n) is 19.9. The summed E-state index contributed by atoms with van der Waals surface area (Å²) in [6, 6.07) is 0.176. The largest absolute Gasteiger partial charge is 0.378 e. The van der Waals surface area contributed by atoms with Crippen LogP contribution in [-0.4, -0.2) is 127 Å². The van der Waals surface area contributed by atoms with E-state index in [0.29, 0.717) is 39.4 Å². The summed E-state index contributed by atoms with van der Waals surface area (Å²) in [4.78, 5) is 26.1. The van der Waals surface area contributed by atoms with Crippen molar-refractivity contribution in [1.29, 1.82) is 0 Å². The van der Waals surface area contributed by atoms with Gasteiger partial charge in [0, 0.05) is 64.6 Å². The van der Waals surface area contributed by atoms with E-state index >= 15 is 0 Å². The molecule has 10 nitrogen and oxygen atoms in total. The van der Waals surface area contributed by atoms with Crippen LogP contribution in [0.4, 0.5) is 0 Å². The Morgan fingerprint density at radius 2 is 1.88 bits per heavy atom. The molecule has 1 aromatic heterocycles. The molecule has 3 rings (SSSR count). The number of carbonyl (C=O) groups is 1. The molecule has 1 amide bonds. The van der Waals surface area contributed by atoms with Gasteiger partial charge in [-0.25, -0.2) is 0 Å². The van der Waals surface area contributed by atoms with Crippen LogP contribution >= 0.6 is 24.0 Å². The van der Waals surface area contributed by atoms with Crippen LogP contribution in [0.25, 0.3) is 0 Å². The van der Waals surface area contributed by atoms with Gasteiger partial charge in [-0.3, -0.25) is 19.4 Å². The van der Waals surface area contributed by atoms with E-state index in [1.54, 1.807) is 0 Å². The van der Waals surface area contributed by atoms with E-state index in [-0.39, 0.29) is 35.9 Å². The number of halogens is 1. The summed E-state index contributed by atoms with van der Waals surface area (Å²) < 4.78 is 7.18. The molecule has 0 aliphatic carbocycles. The summed E-state index contributed by atoms with van der Waals surface area (Å²) >= 11 is 0. The highest BCUT2D eigenvalue weighted by atomic mass is 127. The topological polar surface area (TPSA) is 81.5 Å². The quantitative estimate of drug-likeness (QED) is 0.287. The number of nitrogens with one attached hydrogen (secondary N) is 1. The number of morpholine rings is 1. The van der Waals surface area contributed by atoms with E-state index in [1.165, 1.54) is 5.56 Å². The first-order valence-corrected chi connectivity index (χ1v) is 11.2. The fraction of sp³-hybridized carbons (Fsp3) is 0.762. The summed E-state index contributed by atoms with van der Waals surface area (Å²) in [5, 5.41) is 7.75. The van der Waals surface area contributed by atoms with Crippen molar-refractivity contribution in [3.63, 3.8) is 0 Å². The smallest absolute Gasteiger partial charge is 0.236 e. The van der Waals surface area contributed by atoms with Crippen LogP contribution in [0, 0.1) is 0 Å². The van der Waals surface area contributed by atoms with Crippen molar-refractivity contribution in [2.24, 2.45) is 12.0 Å². The number of aryl methyl sites for hydroxylation is 1. The number of aliphatic imine (C=N–C) groups is 1. The minimum Gasteiger partial charge on any atom is -0.378 e. The first kappa shape index (κ1) is 26.8. The molecule has 0 bridgehead atoms. The van der Waals surface area contributed by atoms with Gasteiger partial charge in [-0.2, -0.15) is 5.10 Å². The molecule has 1 aromatic rings. The summed E-state index contributed by atoms with van der Waals surface area (Å²) in [5.41, 5.74) is 1.17. The van der Waals surface area contributed by atoms with Crippen molar-refractivity contribution in [3.05, 3.63) is 18.0 Å². The zero-order chi connectivity index (χ0) is 22.2. The molecule has 0 saturated carbocycles. The zero-order valence-corrected chi connectivity index (χ0v) is 22.2. The third kappa shape index (κ3) is 7.56. The van der Waals surface area contributed by atoms with Gasteiger partial charge >= 0.3 is 0 Å². The number of nitrogens with zero attached hydrogens (tertiary/aromatic N) is 7. The molecule has 3 heterocycles. The molecule has 32 heavy (non-hydrogen) atoms. The second kappa shape index (κ2) is 13.3. The molecule has 11 heteroatoms. The molecule has 1 unspecified atom stereocenters. The predicted molar refractivity (Wildman–Crippen MR) is 136 cm³/mol. The number of hydrogen-bond acceptors (Lipinski definition) is 6. The maximum atomic E-state index is 12.5. The van der Waals surface area contributed by atoms with Gasteiger partial charge in [-0.05, 0) is 21.0 Å². The van der Waals surface area contributed by atoms with Crippen LogP contribution in [0.1, 0.15) is 18.5 Å². The van der Waals surface area contributed by atoms with Crippen molar-refractivity contribution in [3.8, 4) is 0 Å². The molecule has 1 N–H and O–H groups in total. The molecule has 2 fully saturated rings. The molecule has 2 saturated heterocycles. The minimum absolute atomic E-state index is 0. The Balaban J connectivity index is 0.00000363. The van der Waals surface area contributed by atoms with E-state index in [1.807, 2.05) is 22.8 Å². The summed E-state index contributed by atoms with van der Waals surface area (Å²) in [6.45, 7) is 10.2. The third-order valence-electron chi connectivity index (χ3n) is 5.88. The van der Waals surface area contributed by atoms with Gasteiger partial charge in [-0.1, -0.05) is 0 Å². The van der Waals surface area contributed by atoms with Gasteiger partial charge in [0.2, 0.25) is 5.91 Å². The Morgan fingerprint density at radius 3 is 2.44 bits per heavy atom. The molecule has 0 radical (unpaired) electrons. The summed E-state index contributed by atoms with van der Waals surface area (Å²) in [5.74, 6) is 1.15. The number of carbonyl (C=O) groups excluding carboxylic acids is 1. The average Bonchev–Trinajstić information content (AvgIpc) is 3.20. The Bertz CT molecular complexity index is 727. The lowest BCUT2D eigenvalue weighted by Crippen LogP contribution is -2.55. The van der Waals surface area contributed by atoms with Gasteiger partial charge in [0.1, 0.15) is 0 Å². The van der Waals surface area contributed by atoms with Crippen LogP contribution in [0.15, 0.2) is 17.4 Å². The van der Waals surface area contributed by atoms with Crippen LogP contribution in [0.3, 0.4) is 0 Å². The molecular formula is C21H39IN8O2. The molecule has 2 aliphatic rings. The number of hydrogen-bond donors (Lipinski definition) is 1. The van der Waals surface area contributed by atoms with E-state index in [4.69, 9.17) is 9.73 Å². The Labute approximate surface area is 208 Å². The fourth-order valence-corrected chi connectivity index (χ4v) is 4.00. The number of ether oxygens (including phenoxy) is 1. The number of guanidine groups is 1. The first-order valence-electron chi connectivity index (χ1n) is 11.2. The molecule has 0 spiro atoms. The lowest BCUT2D eigenvalue weighted by atomic mass is 10.1. The van der Waals surface area contributed by atoms with Crippen molar-refractivity contribution in [2.45, 2.75) is 13.0 Å². The molecule has 2 aliphatic heterocycles. The first-order chi connectivity index (χ1) is 15.0. The van der Waals surface area contributed by atoms with Gasteiger partial charge < -0.3 is 24.8 Å². The van der Waals surface area contributed by atoms with Crippen LogP contribution in [0.5, 0.6) is 0 Å². The highest BCUT2D eigenvalue weighted by Crippen LogP contribution is 2.18. The second-order valence-corrected chi connectivity index (χ2v) is 8.38. The van der Waals surface area contributed by atoms with Crippen molar-refractivity contribution >= 4 is 35.8 Å². The van der Waals surface area contributed by atoms with Gasteiger partial charge in [0.05, 0.1) is 38.5 Å². The molecule has 0 aromatic carbocycles. The van der Waals surface area contributed by atoms with Crippen LogP contribution in [0.2, 0.25) is 0 Å². The van der Waals surface area contributed by atoms with Crippen LogP contribution < -0.4 is 5.32 Å². The maximum Gasteiger partial charge on any atom is 0.236 e. The molecule has 1 atom stereocenters. The second-order valence-electron chi connectivity index (χ2n) is 8.38. The Morgan fingerprint density at radius 1 is 1.19 bits per heavy atom. The summed E-state index contributed by atoms with van der Waals surface area (Å²) in [6.07, 6.45) is 3.97. The van der Waals surface area contributed by atoms with Crippen LogP contribution in [-0.2, 0) is 16.6 Å². The summed E-state index contributed by atoms with van der Waals surface area (Å²) in [7, 11) is 6.08. The fourth-order valence-electron chi connectivity index (χ4n) is 4.00. The Hall–Kier alpha value is -1.44. The third-order valence-corrected chi connectivity index (χ3v) is 5.88.